The molecule has 1 aromatic rings. The molecule has 2 saturated carbocycles. The molecule has 2 aliphatic carbocycles. The second-order valence-corrected chi connectivity index (χ2v) is 6.56. The summed E-state index contributed by atoms with van der Waals surface area (Å²) in [5, 5.41) is 5.65. The summed E-state index contributed by atoms with van der Waals surface area (Å²) in [6.07, 6.45) is -0.145. The topological polar surface area (TPSA) is 50.4 Å². The first-order valence-electron chi connectivity index (χ1n) is 7.67. The number of halogens is 3. The number of hydrogen-bond donors (Lipinski definition) is 2. The Morgan fingerprint density at radius 1 is 1.35 bits per heavy atom. The molecule has 0 radical (unpaired) electrons. The summed E-state index contributed by atoms with van der Waals surface area (Å²) in [5.41, 5.74) is 1.06. The van der Waals surface area contributed by atoms with Crippen LogP contribution in [0.4, 0.5) is 18.0 Å². The molecule has 0 saturated heterocycles. The zero-order valence-corrected chi connectivity index (χ0v) is 12.7. The van der Waals surface area contributed by atoms with Crippen LogP contribution in [-0.4, -0.2) is 18.4 Å². The number of ether oxygens (including phenoxy) is 1. The van der Waals surface area contributed by atoms with Crippen LogP contribution in [0.5, 0.6) is 5.75 Å². The first-order chi connectivity index (χ1) is 10.7. The summed E-state index contributed by atoms with van der Waals surface area (Å²) in [4.78, 5) is 11.9. The second kappa shape index (κ2) is 5.62. The molecule has 2 fully saturated rings. The number of carbonyl (C=O) groups excluding carboxylic acids is 1. The Bertz CT molecular complexity index is 591. The van der Waals surface area contributed by atoms with Gasteiger partial charge < -0.3 is 15.4 Å². The molecular formula is C16H19F3N2O2. The number of benzene rings is 1. The SMILES string of the molecule is CC(NC(=O)NC1CC2(CC2)C1)c1cccc(OC(F)(F)F)c1. The molecule has 1 atom stereocenters. The number of amides is 2. The molecule has 1 aromatic carbocycles. The van der Waals surface area contributed by atoms with Crippen molar-refractivity contribution in [1.29, 1.82) is 0 Å². The van der Waals surface area contributed by atoms with Crippen LogP contribution >= 0.6 is 0 Å². The largest absolute Gasteiger partial charge is 0.573 e. The highest BCUT2D eigenvalue weighted by Gasteiger charge is 2.53. The number of nitrogens with one attached hydrogen (secondary N) is 2. The smallest absolute Gasteiger partial charge is 0.406 e. The average Bonchev–Trinajstić information content (AvgIpc) is 3.17. The van der Waals surface area contributed by atoms with Crippen molar-refractivity contribution in [3.63, 3.8) is 0 Å². The highest BCUT2D eigenvalue weighted by molar-refractivity contribution is 5.75. The Labute approximate surface area is 132 Å². The third-order valence-corrected chi connectivity index (χ3v) is 4.59. The van der Waals surface area contributed by atoms with E-state index in [1.54, 1.807) is 13.0 Å². The molecule has 4 nitrogen and oxygen atoms in total. The summed E-state index contributed by atoms with van der Waals surface area (Å²) < 4.78 is 40.6. The molecule has 2 aliphatic rings. The fourth-order valence-electron chi connectivity index (χ4n) is 3.16. The zero-order chi connectivity index (χ0) is 16.7. The van der Waals surface area contributed by atoms with Crippen LogP contribution in [0.25, 0.3) is 0 Å². The molecule has 3 rings (SSSR count). The molecule has 1 spiro atoms. The molecule has 0 aliphatic heterocycles. The van der Waals surface area contributed by atoms with Crippen molar-refractivity contribution in [1.82, 2.24) is 10.6 Å². The summed E-state index contributed by atoms with van der Waals surface area (Å²) in [5.74, 6) is -0.293. The van der Waals surface area contributed by atoms with Crippen LogP contribution in [0.3, 0.4) is 0 Å². The maximum atomic E-state index is 12.2. The first kappa shape index (κ1) is 16.0. The maximum absolute atomic E-state index is 12.2. The van der Waals surface area contributed by atoms with Gasteiger partial charge in [-0.3, -0.25) is 0 Å². The van der Waals surface area contributed by atoms with E-state index in [-0.39, 0.29) is 17.8 Å². The summed E-state index contributed by atoms with van der Waals surface area (Å²) in [6.45, 7) is 1.72. The third kappa shape index (κ3) is 4.09. The lowest BCUT2D eigenvalue weighted by Gasteiger charge is -2.36. The lowest BCUT2D eigenvalue weighted by Crippen LogP contribution is -2.49. The molecule has 2 amide bonds. The average molecular weight is 328 g/mol. The number of carbonyl (C=O) groups is 1. The standard InChI is InChI=1S/C16H19F3N2O2/c1-10(11-3-2-4-13(7-11)23-16(17,18)19)20-14(22)21-12-8-15(9-12)5-6-15/h2-4,7,10,12H,5-6,8-9H2,1H3,(H2,20,21,22). The molecule has 23 heavy (non-hydrogen) atoms. The van der Waals surface area contributed by atoms with Crippen molar-refractivity contribution >= 4 is 6.03 Å². The minimum absolute atomic E-state index is 0.213. The van der Waals surface area contributed by atoms with E-state index in [1.807, 2.05) is 0 Å². The van der Waals surface area contributed by atoms with E-state index in [0.717, 1.165) is 12.8 Å². The normalized spacial score (nSPS) is 20.5. The monoisotopic (exact) mass is 328 g/mol. The Balaban J connectivity index is 1.51. The predicted molar refractivity (Wildman–Crippen MR) is 77.9 cm³/mol. The van der Waals surface area contributed by atoms with Crippen LogP contribution in [0.1, 0.15) is 44.2 Å². The summed E-state index contributed by atoms with van der Waals surface area (Å²) in [6, 6.07) is 5.13. The number of rotatable bonds is 4. The fraction of sp³-hybridized carbons (Fsp3) is 0.562. The van der Waals surface area contributed by atoms with Crippen molar-refractivity contribution in [3.05, 3.63) is 29.8 Å². The number of alkyl halides is 3. The quantitative estimate of drug-likeness (QED) is 0.881. The number of urea groups is 1. The van der Waals surface area contributed by atoms with Gasteiger partial charge in [0.25, 0.3) is 0 Å². The van der Waals surface area contributed by atoms with Gasteiger partial charge in [-0.1, -0.05) is 12.1 Å². The zero-order valence-electron chi connectivity index (χ0n) is 12.7. The highest BCUT2D eigenvalue weighted by Crippen LogP contribution is 2.60. The van der Waals surface area contributed by atoms with Crippen molar-refractivity contribution in [3.8, 4) is 5.75 Å². The van der Waals surface area contributed by atoms with Gasteiger partial charge in [0.2, 0.25) is 0 Å². The van der Waals surface area contributed by atoms with E-state index >= 15 is 0 Å². The van der Waals surface area contributed by atoms with E-state index in [1.165, 1.54) is 31.0 Å². The van der Waals surface area contributed by atoms with Gasteiger partial charge in [0.15, 0.2) is 0 Å². The summed E-state index contributed by atoms with van der Waals surface area (Å²) >= 11 is 0. The molecule has 0 heterocycles. The van der Waals surface area contributed by atoms with Gasteiger partial charge in [-0.15, -0.1) is 13.2 Å². The molecule has 2 N–H and O–H groups in total. The van der Waals surface area contributed by atoms with Gasteiger partial charge in [0, 0.05) is 6.04 Å². The lowest BCUT2D eigenvalue weighted by molar-refractivity contribution is -0.274. The minimum Gasteiger partial charge on any atom is -0.406 e. The third-order valence-electron chi connectivity index (χ3n) is 4.59. The molecule has 126 valence electrons. The molecule has 0 aromatic heterocycles. The van der Waals surface area contributed by atoms with Crippen molar-refractivity contribution < 1.29 is 22.7 Å². The molecule has 7 heteroatoms. The van der Waals surface area contributed by atoms with E-state index in [2.05, 4.69) is 15.4 Å². The second-order valence-electron chi connectivity index (χ2n) is 6.56. The Kier molecular flexibility index (Phi) is 3.90. The van der Waals surface area contributed by atoms with Gasteiger partial charge in [-0.2, -0.15) is 0 Å². The fourth-order valence-corrected chi connectivity index (χ4v) is 3.16. The highest BCUT2D eigenvalue weighted by atomic mass is 19.4. The maximum Gasteiger partial charge on any atom is 0.573 e. The van der Waals surface area contributed by atoms with Gasteiger partial charge >= 0.3 is 12.4 Å². The van der Waals surface area contributed by atoms with Crippen LogP contribution < -0.4 is 15.4 Å². The summed E-state index contributed by atoms with van der Waals surface area (Å²) in [7, 11) is 0. The first-order valence-corrected chi connectivity index (χ1v) is 7.67. The molecule has 0 bridgehead atoms. The number of hydrogen-bond acceptors (Lipinski definition) is 2. The van der Waals surface area contributed by atoms with E-state index < -0.39 is 12.4 Å². The predicted octanol–water partition coefficient (Wildman–Crippen LogP) is 3.89. The molecular weight excluding hydrogens is 309 g/mol. The van der Waals surface area contributed by atoms with Gasteiger partial charge in [-0.25, -0.2) is 4.79 Å². The van der Waals surface area contributed by atoms with Crippen LogP contribution in [0, 0.1) is 5.41 Å². The van der Waals surface area contributed by atoms with E-state index in [4.69, 9.17) is 0 Å². The van der Waals surface area contributed by atoms with Gasteiger partial charge in [0.05, 0.1) is 6.04 Å². The van der Waals surface area contributed by atoms with E-state index in [9.17, 15) is 18.0 Å². The van der Waals surface area contributed by atoms with Crippen LogP contribution in [0.2, 0.25) is 0 Å². The van der Waals surface area contributed by atoms with Gasteiger partial charge in [0.1, 0.15) is 5.75 Å². The van der Waals surface area contributed by atoms with Crippen molar-refractivity contribution in [2.24, 2.45) is 5.41 Å². The van der Waals surface area contributed by atoms with Crippen LogP contribution in [0.15, 0.2) is 24.3 Å². The molecule has 1 unspecified atom stereocenters. The Morgan fingerprint density at radius 2 is 2.04 bits per heavy atom. The Hall–Kier alpha value is -1.92. The van der Waals surface area contributed by atoms with Crippen LogP contribution in [-0.2, 0) is 0 Å². The minimum atomic E-state index is -4.73. The van der Waals surface area contributed by atoms with Crippen molar-refractivity contribution in [2.75, 3.05) is 0 Å². The van der Waals surface area contributed by atoms with Gasteiger partial charge in [-0.05, 0) is 55.7 Å². The lowest BCUT2D eigenvalue weighted by atomic mass is 9.77. The van der Waals surface area contributed by atoms with Crippen molar-refractivity contribution in [2.45, 2.75) is 51.1 Å². The Morgan fingerprint density at radius 3 is 2.65 bits per heavy atom. The van der Waals surface area contributed by atoms with E-state index in [0.29, 0.717) is 11.0 Å².